The van der Waals surface area contributed by atoms with Gasteiger partial charge in [-0.25, -0.2) is 8.42 Å². The average molecular weight is 314 g/mol. The highest BCUT2D eigenvalue weighted by Gasteiger charge is 2.29. The maximum Gasteiger partial charge on any atom is 0.150 e. The van der Waals surface area contributed by atoms with Gasteiger partial charge in [-0.2, -0.15) is 0 Å². The van der Waals surface area contributed by atoms with E-state index in [1.165, 1.54) is 0 Å². The fraction of sp³-hybridized carbons (Fsp3) is 0.600. The summed E-state index contributed by atoms with van der Waals surface area (Å²) in [6.45, 7) is 0.411. The summed E-state index contributed by atoms with van der Waals surface area (Å²) in [6, 6.07) is 7.27. The molecular weight excluding hydrogens is 292 g/mol. The SMILES string of the molecule is COc1ccc(OCC(CO)C2CCS(=O)(=O)CC2)cc1. The topological polar surface area (TPSA) is 72.8 Å². The summed E-state index contributed by atoms with van der Waals surface area (Å²) >= 11 is 0. The van der Waals surface area contributed by atoms with Gasteiger partial charge in [-0.3, -0.25) is 0 Å². The Bertz CT molecular complexity index is 524. The zero-order valence-electron chi connectivity index (χ0n) is 12.2. The summed E-state index contributed by atoms with van der Waals surface area (Å²) in [7, 11) is -1.26. The highest BCUT2D eigenvalue weighted by atomic mass is 32.2. The van der Waals surface area contributed by atoms with E-state index in [1.807, 2.05) is 24.3 Å². The number of hydrogen-bond acceptors (Lipinski definition) is 5. The van der Waals surface area contributed by atoms with Crippen molar-refractivity contribution in [1.29, 1.82) is 0 Å². The fourth-order valence-corrected chi connectivity index (χ4v) is 4.12. The van der Waals surface area contributed by atoms with E-state index in [0.29, 0.717) is 19.4 Å². The van der Waals surface area contributed by atoms with Crippen molar-refractivity contribution in [2.24, 2.45) is 11.8 Å². The lowest BCUT2D eigenvalue weighted by Gasteiger charge is -2.28. The van der Waals surface area contributed by atoms with Crippen LogP contribution in [0.3, 0.4) is 0 Å². The maximum atomic E-state index is 11.4. The second kappa shape index (κ2) is 7.13. The van der Waals surface area contributed by atoms with Crippen LogP contribution in [0.1, 0.15) is 12.8 Å². The molecule has 1 saturated heterocycles. The summed E-state index contributed by atoms with van der Waals surface area (Å²) in [5.41, 5.74) is 0. The number of rotatable bonds is 6. The Kier molecular flexibility index (Phi) is 5.47. The van der Waals surface area contributed by atoms with E-state index in [0.717, 1.165) is 11.5 Å². The van der Waals surface area contributed by atoms with Crippen molar-refractivity contribution in [2.45, 2.75) is 12.8 Å². The predicted octanol–water partition coefficient (Wildman–Crippen LogP) is 1.51. The third kappa shape index (κ3) is 4.61. The quantitative estimate of drug-likeness (QED) is 0.861. The minimum absolute atomic E-state index is 0.0148. The van der Waals surface area contributed by atoms with Crippen LogP contribution in [0.25, 0.3) is 0 Å². The van der Waals surface area contributed by atoms with E-state index in [-0.39, 0.29) is 29.9 Å². The van der Waals surface area contributed by atoms with Gasteiger partial charge in [-0.15, -0.1) is 0 Å². The predicted molar refractivity (Wildman–Crippen MR) is 80.4 cm³/mol. The van der Waals surface area contributed by atoms with Crippen molar-refractivity contribution in [3.8, 4) is 11.5 Å². The van der Waals surface area contributed by atoms with Crippen LogP contribution in [0.5, 0.6) is 11.5 Å². The minimum atomic E-state index is -2.87. The molecule has 0 bridgehead atoms. The number of sulfone groups is 1. The highest BCUT2D eigenvalue weighted by molar-refractivity contribution is 7.91. The summed E-state index contributed by atoms with van der Waals surface area (Å²) < 4.78 is 33.7. The number of ether oxygens (including phenoxy) is 2. The summed E-state index contributed by atoms with van der Waals surface area (Å²) in [5, 5.41) is 9.52. The van der Waals surface area contributed by atoms with E-state index in [1.54, 1.807) is 7.11 Å². The largest absolute Gasteiger partial charge is 0.497 e. The molecule has 21 heavy (non-hydrogen) atoms. The van der Waals surface area contributed by atoms with Gasteiger partial charge in [0.2, 0.25) is 0 Å². The van der Waals surface area contributed by atoms with Crippen LogP contribution in [0.2, 0.25) is 0 Å². The number of aliphatic hydroxyl groups is 1. The molecule has 0 aromatic heterocycles. The molecule has 6 heteroatoms. The van der Waals surface area contributed by atoms with Crippen LogP contribution >= 0.6 is 0 Å². The molecule has 1 aromatic rings. The normalized spacial score (nSPS) is 19.9. The first-order chi connectivity index (χ1) is 10.0. The van der Waals surface area contributed by atoms with Crippen LogP contribution in [0.15, 0.2) is 24.3 Å². The van der Waals surface area contributed by atoms with Gasteiger partial charge in [0.1, 0.15) is 21.3 Å². The van der Waals surface area contributed by atoms with E-state index >= 15 is 0 Å². The molecule has 1 aliphatic rings. The number of hydrogen-bond donors (Lipinski definition) is 1. The fourth-order valence-electron chi connectivity index (χ4n) is 2.59. The third-order valence-corrected chi connectivity index (χ3v) is 5.74. The zero-order chi connectivity index (χ0) is 15.3. The van der Waals surface area contributed by atoms with Crippen molar-refractivity contribution in [3.63, 3.8) is 0 Å². The van der Waals surface area contributed by atoms with Crippen molar-refractivity contribution in [2.75, 3.05) is 31.8 Å². The zero-order valence-corrected chi connectivity index (χ0v) is 13.0. The van der Waals surface area contributed by atoms with Crippen molar-refractivity contribution in [3.05, 3.63) is 24.3 Å². The second-order valence-corrected chi connectivity index (χ2v) is 7.72. The maximum absolute atomic E-state index is 11.4. The number of aliphatic hydroxyl groups excluding tert-OH is 1. The minimum Gasteiger partial charge on any atom is -0.497 e. The van der Waals surface area contributed by atoms with Crippen LogP contribution < -0.4 is 9.47 Å². The van der Waals surface area contributed by atoms with Crippen LogP contribution in [0.4, 0.5) is 0 Å². The first-order valence-corrected chi connectivity index (χ1v) is 8.94. The molecule has 1 atom stereocenters. The van der Waals surface area contributed by atoms with Gasteiger partial charge < -0.3 is 14.6 Å². The molecule has 0 radical (unpaired) electrons. The molecule has 1 aromatic carbocycles. The molecule has 2 rings (SSSR count). The smallest absolute Gasteiger partial charge is 0.150 e. The molecule has 1 aliphatic heterocycles. The third-order valence-electron chi connectivity index (χ3n) is 4.02. The van der Waals surface area contributed by atoms with Gasteiger partial charge in [-0.1, -0.05) is 0 Å². The van der Waals surface area contributed by atoms with Crippen LogP contribution in [0, 0.1) is 11.8 Å². The van der Waals surface area contributed by atoms with Crippen molar-refractivity contribution in [1.82, 2.24) is 0 Å². The molecule has 0 amide bonds. The van der Waals surface area contributed by atoms with Gasteiger partial charge in [0.05, 0.1) is 25.2 Å². The van der Waals surface area contributed by atoms with Crippen LogP contribution in [-0.4, -0.2) is 45.4 Å². The van der Waals surface area contributed by atoms with E-state index < -0.39 is 9.84 Å². The van der Waals surface area contributed by atoms with Crippen molar-refractivity contribution >= 4 is 9.84 Å². The van der Waals surface area contributed by atoms with Gasteiger partial charge in [-0.05, 0) is 43.0 Å². The summed E-state index contributed by atoms with van der Waals surface area (Å²) in [4.78, 5) is 0. The Morgan fingerprint density at radius 1 is 1.19 bits per heavy atom. The van der Waals surface area contributed by atoms with E-state index in [2.05, 4.69) is 0 Å². The Morgan fingerprint density at radius 2 is 1.76 bits per heavy atom. The number of methoxy groups -OCH3 is 1. The lowest BCUT2D eigenvalue weighted by atomic mass is 9.88. The Morgan fingerprint density at radius 3 is 2.29 bits per heavy atom. The molecule has 5 nitrogen and oxygen atoms in total. The monoisotopic (exact) mass is 314 g/mol. The van der Waals surface area contributed by atoms with Crippen molar-refractivity contribution < 1.29 is 23.0 Å². The molecule has 1 unspecified atom stereocenters. The Labute approximate surface area is 125 Å². The van der Waals surface area contributed by atoms with E-state index in [4.69, 9.17) is 9.47 Å². The molecule has 1 fully saturated rings. The standard InChI is InChI=1S/C15H22O5S/c1-19-14-2-4-15(5-3-14)20-11-13(10-16)12-6-8-21(17,18)9-7-12/h2-5,12-13,16H,6-11H2,1H3. The van der Waals surface area contributed by atoms with Gasteiger partial charge >= 0.3 is 0 Å². The lowest BCUT2D eigenvalue weighted by Crippen LogP contribution is -2.32. The molecular formula is C15H22O5S. The first kappa shape index (κ1) is 16.1. The Balaban J connectivity index is 1.87. The van der Waals surface area contributed by atoms with Gasteiger partial charge in [0.25, 0.3) is 0 Å². The number of benzene rings is 1. The lowest BCUT2D eigenvalue weighted by molar-refractivity contribution is 0.112. The molecule has 1 heterocycles. The molecule has 118 valence electrons. The first-order valence-electron chi connectivity index (χ1n) is 7.12. The average Bonchev–Trinajstić information content (AvgIpc) is 2.49. The second-order valence-electron chi connectivity index (χ2n) is 5.42. The summed E-state index contributed by atoms with van der Waals surface area (Å²) in [6.07, 6.45) is 1.22. The highest BCUT2D eigenvalue weighted by Crippen LogP contribution is 2.27. The van der Waals surface area contributed by atoms with E-state index in [9.17, 15) is 13.5 Å². The van der Waals surface area contributed by atoms with Gasteiger partial charge in [0.15, 0.2) is 0 Å². The van der Waals surface area contributed by atoms with Crippen LogP contribution in [-0.2, 0) is 9.84 Å². The molecule has 0 spiro atoms. The molecule has 0 saturated carbocycles. The summed E-state index contributed by atoms with van der Waals surface area (Å²) in [5.74, 6) is 2.10. The Hall–Kier alpha value is -1.27. The van der Waals surface area contributed by atoms with Gasteiger partial charge in [0, 0.05) is 12.5 Å². The molecule has 0 aliphatic carbocycles. The molecule has 1 N–H and O–H groups in total.